The second-order valence-corrected chi connectivity index (χ2v) is 8.51. The number of hydrogen-bond donors (Lipinski definition) is 1. The Morgan fingerprint density at radius 3 is 2.81 bits per heavy atom. The van der Waals surface area contributed by atoms with E-state index in [1.54, 1.807) is 11.0 Å². The molecule has 2 amide bonds. The highest BCUT2D eigenvalue weighted by molar-refractivity contribution is 6.33. The first-order valence-electron chi connectivity index (χ1n) is 10.2. The molecule has 6 heteroatoms. The summed E-state index contributed by atoms with van der Waals surface area (Å²) in [4.78, 5) is 29.4. The van der Waals surface area contributed by atoms with Gasteiger partial charge in [0.05, 0.1) is 16.6 Å². The molecule has 3 fully saturated rings. The number of piperidine rings is 2. The van der Waals surface area contributed by atoms with Crippen LogP contribution in [0.1, 0.15) is 38.5 Å². The molecular formula is C21H28ClN3O2. The lowest BCUT2D eigenvalue weighted by Crippen LogP contribution is -2.51. The topological polar surface area (TPSA) is 52.7 Å². The Hall–Kier alpha value is -1.59. The van der Waals surface area contributed by atoms with Crippen LogP contribution in [0.5, 0.6) is 0 Å². The first-order valence-corrected chi connectivity index (χ1v) is 10.6. The molecule has 0 saturated carbocycles. The molecule has 1 aromatic carbocycles. The summed E-state index contributed by atoms with van der Waals surface area (Å²) < 4.78 is 0. The third-order valence-corrected chi connectivity index (χ3v) is 6.73. The van der Waals surface area contributed by atoms with Crippen molar-refractivity contribution in [3.05, 3.63) is 29.3 Å². The van der Waals surface area contributed by atoms with Crippen LogP contribution in [0.2, 0.25) is 5.02 Å². The fourth-order valence-electron chi connectivity index (χ4n) is 4.98. The maximum atomic E-state index is 12.7. The highest BCUT2D eigenvalue weighted by Crippen LogP contribution is 2.32. The smallest absolute Gasteiger partial charge is 0.227 e. The molecule has 27 heavy (non-hydrogen) atoms. The minimum absolute atomic E-state index is 0.00540. The van der Waals surface area contributed by atoms with E-state index in [0.29, 0.717) is 29.2 Å². The minimum Gasteiger partial charge on any atom is -0.355 e. The van der Waals surface area contributed by atoms with Crippen LogP contribution >= 0.6 is 11.6 Å². The number of halogens is 1. The van der Waals surface area contributed by atoms with E-state index in [1.807, 2.05) is 18.2 Å². The standard InChI is InChI=1S/C21H28ClN3O2/c22-17-7-1-2-9-19(17)25-14-16(12-20(25)26)21(27)23-13-15-6-5-11-24-10-4-3-8-18(15)24/h1-2,7,9,15-16,18H,3-6,8,10-14H2,(H,23,27). The van der Waals surface area contributed by atoms with Crippen LogP contribution in [-0.2, 0) is 9.59 Å². The van der Waals surface area contributed by atoms with Gasteiger partial charge in [0.2, 0.25) is 11.8 Å². The lowest BCUT2D eigenvalue weighted by molar-refractivity contribution is -0.126. The van der Waals surface area contributed by atoms with Crippen molar-refractivity contribution in [2.45, 2.75) is 44.6 Å². The van der Waals surface area contributed by atoms with Gasteiger partial charge in [0.25, 0.3) is 0 Å². The number of nitrogens with one attached hydrogen (secondary N) is 1. The molecule has 0 radical (unpaired) electrons. The summed E-state index contributed by atoms with van der Waals surface area (Å²) in [6.07, 6.45) is 6.53. The van der Waals surface area contributed by atoms with Gasteiger partial charge >= 0.3 is 0 Å². The summed E-state index contributed by atoms with van der Waals surface area (Å²) in [6, 6.07) is 7.94. The zero-order chi connectivity index (χ0) is 18.8. The molecule has 0 aliphatic carbocycles. The summed E-state index contributed by atoms with van der Waals surface area (Å²) in [5.41, 5.74) is 0.699. The number of rotatable bonds is 4. The van der Waals surface area contributed by atoms with E-state index < -0.39 is 0 Å². The van der Waals surface area contributed by atoms with Crippen LogP contribution in [0, 0.1) is 11.8 Å². The van der Waals surface area contributed by atoms with Crippen LogP contribution < -0.4 is 10.2 Å². The van der Waals surface area contributed by atoms with Gasteiger partial charge in [0.15, 0.2) is 0 Å². The van der Waals surface area contributed by atoms with Gasteiger partial charge in [-0.05, 0) is 56.8 Å². The molecule has 3 aliphatic heterocycles. The van der Waals surface area contributed by atoms with Crippen molar-refractivity contribution in [3.8, 4) is 0 Å². The number of fused-ring (bicyclic) bond motifs is 1. The fourth-order valence-corrected chi connectivity index (χ4v) is 5.22. The van der Waals surface area contributed by atoms with Crippen LogP contribution in [0.15, 0.2) is 24.3 Å². The number of benzene rings is 1. The van der Waals surface area contributed by atoms with Gasteiger partial charge in [-0.1, -0.05) is 30.2 Å². The second kappa shape index (κ2) is 8.19. The Morgan fingerprint density at radius 1 is 1.15 bits per heavy atom. The number of nitrogens with zero attached hydrogens (tertiary/aromatic N) is 2. The van der Waals surface area contributed by atoms with E-state index in [4.69, 9.17) is 11.6 Å². The largest absolute Gasteiger partial charge is 0.355 e. The predicted octanol–water partition coefficient (Wildman–Crippen LogP) is 3.07. The van der Waals surface area contributed by atoms with Crippen LogP contribution in [0.3, 0.4) is 0 Å². The monoisotopic (exact) mass is 389 g/mol. The Morgan fingerprint density at radius 2 is 1.96 bits per heavy atom. The van der Waals surface area contributed by atoms with E-state index >= 15 is 0 Å². The number of anilines is 1. The van der Waals surface area contributed by atoms with Gasteiger partial charge < -0.3 is 15.1 Å². The Balaban J connectivity index is 1.34. The normalized spacial score (nSPS) is 28.9. The molecule has 1 aromatic rings. The van der Waals surface area contributed by atoms with Gasteiger partial charge in [-0.15, -0.1) is 0 Å². The molecule has 4 rings (SSSR count). The van der Waals surface area contributed by atoms with Crippen molar-refractivity contribution in [2.24, 2.45) is 11.8 Å². The lowest BCUT2D eigenvalue weighted by atomic mass is 9.83. The molecule has 146 valence electrons. The first kappa shape index (κ1) is 18.8. The van der Waals surface area contributed by atoms with Gasteiger partial charge in [-0.25, -0.2) is 0 Å². The first-order chi connectivity index (χ1) is 13.1. The Bertz CT molecular complexity index is 708. The molecule has 0 aromatic heterocycles. The molecule has 3 saturated heterocycles. The lowest BCUT2D eigenvalue weighted by Gasteiger charge is -2.44. The molecule has 3 atom stereocenters. The highest BCUT2D eigenvalue weighted by Gasteiger charge is 2.37. The zero-order valence-electron chi connectivity index (χ0n) is 15.7. The van der Waals surface area contributed by atoms with Crippen molar-refractivity contribution in [1.29, 1.82) is 0 Å². The summed E-state index contributed by atoms with van der Waals surface area (Å²) >= 11 is 6.23. The van der Waals surface area contributed by atoms with E-state index in [9.17, 15) is 9.59 Å². The average Bonchev–Trinajstić information content (AvgIpc) is 3.08. The number of carbonyl (C=O) groups is 2. The number of carbonyl (C=O) groups excluding carboxylic acids is 2. The van der Waals surface area contributed by atoms with Crippen molar-refractivity contribution in [3.63, 3.8) is 0 Å². The molecule has 1 N–H and O–H groups in total. The molecule has 5 nitrogen and oxygen atoms in total. The second-order valence-electron chi connectivity index (χ2n) is 8.10. The maximum absolute atomic E-state index is 12.7. The quantitative estimate of drug-likeness (QED) is 0.861. The summed E-state index contributed by atoms with van der Waals surface area (Å²) in [7, 11) is 0. The number of amides is 2. The SMILES string of the molecule is O=C(NCC1CCCN2CCCCC12)C1CC(=O)N(c2ccccc2Cl)C1. The van der Waals surface area contributed by atoms with E-state index in [2.05, 4.69) is 10.2 Å². The van der Waals surface area contributed by atoms with Gasteiger partial charge in [-0.2, -0.15) is 0 Å². The third-order valence-electron chi connectivity index (χ3n) is 6.41. The van der Waals surface area contributed by atoms with Gasteiger partial charge in [-0.3, -0.25) is 9.59 Å². The molecule has 0 bridgehead atoms. The third kappa shape index (κ3) is 3.99. The van der Waals surface area contributed by atoms with E-state index in [0.717, 1.165) is 6.54 Å². The number of para-hydroxylation sites is 1. The van der Waals surface area contributed by atoms with Crippen LogP contribution in [0.4, 0.5) is 5.69 Å². The predicted molar refractivity (Wildman–Crippen MR) is 107 cm³/mol. The van der Waals surface area contributed by atoms with Crippen LogP contribution in [0.25, 0.3) is 0 Å². The fraction of sp³-hybridized carbons (Fsp3) is 0.619. The molecular weight excluding hydrogens is 362 g/mol. The van der Waals surface area contributed by atoms with Gasteiger partial charge in [0, 0.05) is 25.6 Å². The van der Waals surface area contributed by atoms with Gasteiger partial charge in [0.1, 0.15) is 0 Å². The van der Waals surface area contributed by atoms with Crippen LogP contribution in [-0.4, -0.2) is 48.9 Å². The summed E-state index contributed by atoms with van der Waals surface area (Å²) in [5, 5.41) is 3.70. The Kier molecular flexibility index (Phi) is 5.69. The van der Waals surface area contributed by atoms with E-state index in [-0.39, 0.29) is 24.2 Å². The number of hydrogen-bond acceptors (Lipinski definition) is 3. The van der Waals surface area contributed by atoms with E-state index in [1.165, 1.54) is 45.2 Å². The Labute approximate surface area is 166 Å². The molecule has 3 unspecified atom stereocenters. The minimum atomic E-state index is -0.292. The van der Waals surface area contributed by atoms with Crippen molar-refractivity contribution in [1.82, 2.24) is 10.2 Å². The van der Waals surface area contributed by atoms with Crippen molar-refractivity contribution >= 4 is 29.1 Å². The molecule has 3 heterocycles. The maximum Gasteiger partial charge on any atom is 0.227 e. The highest BCUT2D eigenvalue weighted by atomic mass is 35.5. The van der Waals surface area contributed by atoms with Crippen molar-refractivity contribution in [2.75, 3.05) is 31.1 Å². The average molecular weight is 390 g/mol. The zero-order valence-corrected chi connectivity index (χ0v) is 16.5. The summed E-state index contributed by atoms with van der Waals surface area (Å²) in [6.45, 7) is 3.56. The molecule has 0 spiro atoms. The summed E-state index contributed by atoms with van der Waals surface area (Å²) in [5.74, 6) is 0.227. The molecule has 3 aliphatic rings. The van der Waals surface area contributed by atoms with Crippen molar-refractivity contribution < 1.29 is 9.59 Å².